The lowest BCUT2D eigenvalue weighted by Crippen LogP contribution is -2.27. The zero-order valence-corrected chi connectivity index (χ0v) is 17.4. The van der Waals surface area contributed by atoms with E-state index in [1.807, 2.05) is 18.2 Å². The minimum atomic E-state index is -0.275. The summed E-state index contributed by atoms with van der Waals surface area (Å²) in [4.78, 5) is 14.5. The average molecular weight is 464 g/mol. The molecule has 2 aromatic carbocycles. The molecule has 1 aliphatic rings. The van der Waals surface area contributed by atoms with Gasteiger partial charge in [0.15, 0.2) is 0 Å². The van der Waals surface area contributed by atoms with Crippen LogP contribution in [0.3, 0.4) is 0 Å². The molecule has 1 fully saturated rings. The zero-order valence-electron chi connectivity index (χ0n) is 14.2. The molecule has 0 unspecified atom stereocenters. The van der Waals surface area contributed by atoms with Crippen LogP contribution in [-0.4, -0.2) is 21.7 Å². The molecular formula is C20H15BrFNO2S2. The highest BCUT2D eigenvalue weighted by atomic mass is 79.9. The first-order valence-corrected chi connectivity index (χ1v) is 10.0. The number of thioether (sulfide) groups is 1. The Morgan fingerprint density at radius 3 is 2.67 bits per heavy atom. The standard InChI is InChI=1S/C20H15BrFNO2S2/c1-2-9-23-19(24)18(27-20(23)26)11-14-5-8-17(16(21)10-14)25-12-13-3-6-15(22)7-4-13/h2-8,10-11H,1,9,12H2/b18-11-. The van der Waals surface area contributed by atoms with Crippen LogP contribution in [0.1, 0.15) is 11.1 Å². The maximum atomic E-state index is 12.9. The maximum Gasteiger partial charge on any atom is 0.266 e. The van der Waals surface area contributed by atoms with E-state index in [9.17, 15) is 9.18 Å². The number of hydrogen-bond acceptors (Lipinski definition) is 4. The Morgan fingerprint density at radius 2 is 2.00 bits per heavy atom. The fraction of sp³-hybridized carbons (Fsp3) is 0.100. The first-order chi connectivity index (χ1) is 13.0. The molecule has 27 heavy (non-hydrogen) atoms. The maximum absolute atomic E-state index is 12.9. The van der Waals surface area contributed by atoms with E-state index in [1.165, 1.54) is 28.8 Å². The van der Waals surface area contributed by atoms with Crippen LogP contribution in [0.5, 0.6) is 5.75 Å². The summed E-state index contributed by atoms with van der Waals surface area (Å²) in [5.41, 5.74) is 1.73. The fourth-order valence-electron chi connectivity index (χ4n) is 2.40. The number of ether oxygens (including phenoxy) is 1. The number of rotatable bonds is 6. The van der Waals surface area contributed by atoms with Gasteiger partial charge in [0.2, 0.25) is 0 Å². The molecule has 0 bridgehead atoms. The topological polar surface area (TPSA) is 29.5 Å². The highest BCUT2D eigenvalue weighted by molar-refractivity contribution is 9.10. The fourth-order valence-corrected chi connectivity index (χ4v) is 4.19. The van der Waals surface area contributed by atoms with Gasteiger partial charge in [-0.1, -0.05) is 48.3 Å². The number of amides is 1. The van der Waals surface area contributed by atoms with E-state index in [0.29, 0.717) is 28.1 Å². The number of halogens is 2. The minimum Gasteiger partial charge on any atom is -0.488 e. The third-order valence-electron chi connectivity index (χ3n) is 3.75. The van der Waals surface area contributed by atoms with E-state index in [1.54, 1.807) is 24.3 Å². The largest absolute Gasteiger partial charge is 0.488 e. The second kappa shape index (κ2) is 8.82. The van der Waals surface area contributed by atoms with Gasteiger partial charge in [-0.3, -0.25) is 9.69 Å². The predicted octanol–water partition coefficient (Wildman–Crippen LogP) is 5.55. The second-order valence-electron chi connectivity index (χ2n) is 5.69. The monoisotopic (exact) mass is 463 g/mol. The molecule has 0 N–H and O–H groups in total. The van der Waals surface area contributed by atoms with Crippen molar-refractivity contribution in [3.05, 3.63) is 81.4 Å². The summed E-state index contributed by atoms with van der Waals surface area (Å²) in [6, 6.07) is 11.7. The van der Waals surface area contributed by atoms with Gasteiger partial charge in [-0.25, -0.2) is 4.39 Å². The van der Waals surface area contributed by atoms with Crippen LogP contribution < -0.4 is 4.74 Å². The number of carbonyl (C=O) groups excluding carboxylic acids is 1. The predicted molar refractivity (Wildman–Crippen MR) is 115 cm³/mol. The Kier molecular flexibility index (Phi) is 6.46. The molecular weight excluding hydrogens is 449 g/mol. The molecule has 0 radical (unpaired) electrons. The van der Waals surface area contributed by atoms with Gasteiger partial charge in [0, 0.05) is 6.54 Å². The Labute approximate surface area is 175 Å². The third kappa shape index (κ3) is 4.86. The van der Waals surface area contributed by atoms with Gasteiger partial charge in [0.25, 0.3) is 5.91 Å². The average Bonchev–Trinajstić information content (AvgIpc) is 2.90. The molecule has 0 saturated carbocycles. The normalized spacial score (nSPS) is 15.5. The van der Waals surface area contributed by atoms with E-state index >= 15 is 0 Å². The molecule has 138 valence electrons. The molecule has 2 aromatic rings. The number of thiocarbonyl (C=S) groups is 1. The number of hydrogen-bond donors (Lipinski definition) is 0. The van der Waals surface area contributed by atoms with Gasteiger partial charge in [0.05, 0.1) is 9.38 Å². The molecule has 1 heterocycles. The molecule has 1 amide bonds. The number of benzene rings is 2. The van der Waals surface area contributed by atoms with Gasteiger partial charge >= 0.3 is 0 Å². The lowest BCUT2D eigenvalue weighted by atomic mass is 10.2. The first-order valence-electron chi connectivity index (χ1n) is 8.01. The third-order valence-corrected chi connectivity index (χ3v) is 5.74. The van der Waals surface area contributed by atoms with Crippen molar-refractivity contribution in [1.82, 2.24) is 4.90 Å². The summed E-state index contributed by atoms with van der Waals surface area (Å²) < 4.78 is 20.0. The first kappa shape index (κ1) is 19.8. The van der Waals surface area contributed by atoms with Crippen LogP contribution in [0.4, 0.5) is 4.39 Å². The van der Waals surface area contributed by atoms with Gasteiger partial charge in [0.1, 0.15) is 22.5 Å². The molecule has 0 aliphatic carbocycles. The van der Waals surface area contributed by atoms with Crippen LogP contribution in [0.15, 0.2) is 64.5 Å². The van der Waals surface area contributed by atoms with E-state index in [0.717, 1.165) is 15.6 Å². The van der Waals surface area contributed by atoms with Crippen LogP contribution in [0.25, 0.3) is 6.08 Å². The molecule has 0 atom stereocenters. The van der Waals surface area contributed by atoms with Crippen molar-refractivity contribution in [2.24, 2.45) is 0 Å². The van der Waals surface area contributed by atoms with Crippen molar-refractivity contribution in [1.29, 1.82) is 0 Å². The molecule has 3 nitrogen and oxygen atoms in total. The minimum absolute atomic E-state index is 0.113. The summed E-state index contributed by atoms with van der Waals surface area (Å²) in [6.45, 7) is 4.38. The Bertz CT molecular complexity index is 928. The van der Waals surface area contributed by atoms with Crippen molar-refractivity contribution < 1.29 is 13.9 Å². The molecule has 0 spiro atoms. The summed E-state index contributed by atoms with van der Waals surface area (Å²) in [7, 11) is 0. The van der Waals surface area contributed by atoms with Gasteiger partial charge in [-0.2, -0.15) is 0 Å². The van der Waals surface area contributed by atoms with Crippen LogP contribution >= 0.6 is 39.9 Å². The number of carbonyl (C=O) groups is 1. The molecule has 0 aromatic heterocycles. The lowest BCUT2D eigenvalue weighted by Gasteiger charge is -2.10. The van der Waals surface area contributed by atoms with Crippen molar-refractivity contribution in [2.75, 3.05) is 6.54 Å². The Morgan fingerprint density at radius 1 is 1.26 bits per heavy atom. The van der Waals surface area contributed by atoms with Crippen molar-refractivity contribution in [2.45, 2.75) is 6.61 Å². The molecule has 1 aliphatic heterocycles. The SMILES string of the molecule is C=CCN1C(=O)/C(=C/c2ccc(OCc3ccc(F)cc3)c(Br)c2)SC1=S. The van der Waals surface area contributed by atoms with Crippen molar-refractivity contribution >= 4 is 56.2 Å². The highest BCUT2D eigenvalue weighted by Crippen LogP contribution is 2.34. The van der Waals surface area contributed by atoms with E-state index in [-0.39, 0.29) is 11.7 Å². The van der Waals surface area contributed by atoms with E-state index in [4.69, 9.17) is 17.0 Å². The summed E-state index contributed by atoms with van der Waals surface area (Å²) in [5.74, 6) is 0.274. The van der Waals surface area contributed by atoms with Gasteiger partial charge in [-0.05, 0) is 57.4 Å². The molecule has 3 rings (SSSR count). The van der Waals surface area contributed by atoms with Crippen molar-refractivity contribution in [3.8, 4) is 5.75 Å². The quantitative estimate of drug-likeness (QED) is 0.318. The van der Waals surface area contributed by atoms with Gasteiger partial charge in [-0.15, -0.1) is 6.58 Å². The Balaban J connectivity index is 1.71. The summed E-state index contributed by atoms with van der Waals surface area (Å²) in [5, 5.41) is 0. The van der Waals surface area contributed by atoms with E-state index in [2.05, 4.69) is 22.5 Å². The molecule has 7 heteroatoms. The smallest absolute Gasteiger partial charge is 0.266 e. The van der Waals surface area contributed by atoms with Crippen LogP contribution in [-0.2, 0) is 11.4 Å². The molecule has 1 saturated heterocycles. The van der Waals surface area contributed by atoms with Crippen LogP contribution in [0.2, 0.25) is 0 Å². The van der Waals surface area contributed by atoms with Crippen LogP contribution in [0, 0.1) is 5.82 Å². The highest BCUT2D eigenvalue weighted by Gasteiger charge is 2.30. The second-order valence-corrected chi connectivity index (χ2v) is 8.22. The number of nitrogens with zero attached hydrogens (tertiary/aromatic N) is 1. The van der Waals surface area contributed by atoms with Crippen molar-refractivity contribution in [3.63, 3.8) is 0 Å². The summed E-state index contributed by atoms with van der Waals surface area (Å²) in [6.07, 6.45) is 3.45. The van der Waals surface area contributed by atoms with Gasteiger partial charge < -0.3 is 4.74 Å². The summed E-state index contributed by atoms with van der Waals surface area (Å²) >= 11 is 10.0. The van der Waals surface area contributed by atoms with E-state index < -0.39 is 0 Å². The Hall–Kier alpha value is -1.96. The zero-order chi connectivity index (χ0) is 19.4. The lowest BCUT2D eigenvalue weighted by molar-refractivity contribution is -0.121.